The fourth-order valence-electron chi connectivity index (χ4n) is 1.64. The third-order valence-electron chi connectivity index (χ3n) is 2.82. The lowest BCUT2D eigenvalue weighted by molar-refractivity contribution is -0.145. The molecule has 2 aromatic carbocycles. The second kappa shape index (κ2) is 12.8. The standard InChI is InChI=1S/C10H12O3.C8H9NO.CH4/c11-7-6-10(12)13-8-9-4-2-1-3-5-9;1-9-8(10)7-5-3-2-4-6-7;/h1-5,11H,6-8H2;2-6H,1H3,(H,9,10);1H4. The van der Waals surface area contributed by atoms with Crippen molar-refractivity contribution in [1.29, 1.82) is 0 Å². The van der Waals surface area contributed by atoms with E-state index in [1.165, 1.54) is 0 Å². The summed E-state index contributed by atoms with van der Waals surface area (Å²) in [5, 5.41) is 11.0. The summed E-state index contributed by atoms with van der Waals surface area (Å²) in [4.78, 5) is 21.7. The van der Waals surface area contributed by atoms with E-state index in [2.05, 4.69) is 5.32 Å². The molecule has 0 radical (unpaired) electrons. The largest absolute Gasteiger partial charge is 0.461 e. The van der Waals surface area contributed by atoms with Gasteiger partial charge >= 0.3 is 5.97 Å². The van der Waals surface area contributed by atoms with E-state index in [0.29, 0.717) is 5.56 Å². The van der Waals surface area contributed by atoms with Gasteiger partial charge in [-0.15, -0.1) is 0 Å². The van der Waals surface area contributed by atoms with Gasteiger partial charge in [0.2, 0.25) is 0 Å². The second-order valence-electron chi connectivity index (χ2n) is 4.57. The first kappa shape index (κ1) is 21.3. The Hall–Kier alpha value is -2.66. The quantitative estimate of drug-likeness (QED) is 0.826. The lowest BCUT2D eigenvalue weighted by atomic mass is 10.2. The van der Waals surface area contributed by atoms with Gasteiger partial charge in [0.1, 0.15) is 6.61 Å². The summed E-state index contributed by atoms with van der Waals surface area (Å²) in [6, 6.07) is 18.5. The van der Waals surface area contributed by atoms with Gasteiger partial charge in [-0.1, -0.05) is 56.0 Å². The number of nitrogens with one attached hydrogen (secondary N) is 1. The first-order chi connectivity index (χ1) is 11.2. The van der Waals surface area contributed by atoms with Crippen LogP contribution in [-0.4, -0.2) is 30.6 Å². The molecule has 2 N–H and O–H groups in total. The highest BCUT2D eigenvalue weighted by Gasteiger charge is 2.00. The predicted molar refractivity (Wildman–Crippen MR) is 94.5 cm³/mol. The van der Waals surface area contributed by atoms with Crippen LogP contribution in [0.1, 0.15) is 29.8 Å². The van der Waals surface area contributed by atoms with Crippen LogP contribution in [0.5, 0.6) is 0 Å². The van der Waals surface area contributed by atoms with Crippen molar-refractivity contribution in [3.8, 4) is 0 Å². The molecule has 0 saturated heterocycles. The van der Waals surface area contributed by atoms with Crippen LogP contribution in [0.4, 0.5) is 0 Å². The zero-order chi connectivity index (χ0) is 16.9. The van der Waals surface area contributed by atoms with Crippen molar-refractivity contribution in [1.82, 2.24) is 5.32 Å². The van der Waals surface area contributed by atoms with Gasteiger partial charge in [0.05, 0.1) is 13.0 Å². The number of hydrogen-bond acceptors (Lipinski definition) is 4. The molecule has 0 bridgehead atoms. The average molecular weight is 331 g/mol. The van der Waals surface area contributed by atoms with Crippen molar-refractivity contribution in [3.63, 3.8) is 0 Å². The number of amides is 1. The Labute approximate surface area is 143 Å². The minimum absolute atomic E-state index is 0. The van der Waals surface area contributed by atoms with E-state index in [0.717, 1.165) is 5.56 Å². The molecule has 0 aliphatic carbocycles. The van der Waals surface area contributed by atoms with E-state index in [-0.39, 0.29) is 38.9 Å². The maximum Gasteiger partial charge on any atom is 0.308 e. The summed E-state index contributed by atoms with van der Waals surface area (Å²) in [7, 11) is 1.62. The van der Waals surface area contributed by atoms with Crippen LogP contribution in [0, 0.1) is 0 Å². The number of benzene rings is 2. The second-order valence-corrected chi connectivity index (χ2v) is 4.57. The molecule has 0 aliphatic heterocycles. The fraction of sp³-hybridized carbons (Fsp3) is 0.263. The van der Waals surface area contributed by atoms with E-state index in [1.807, 2.05) is 48.5 Å². The topological polar surface area (TPSA) is 75.6 Å². The monoisotopic (exact) mass is 331 g/mol. The molecule has 1 amide bonds. The predicted octanol–water partition coefficient (Wildman–Crippen LogP) is 2.79. The van der Waals surface area contributed by atoms with Gasteiger partial charge in [0.15, 0.2) is 0 Å². The molecule has 0 aliphatic rings. The van der Waals surface area contributed by atoms with E-state index >= 15 is 0 Å². The molecular formula is C19H25NO4. The Morgan fingerprint density at radius 3 is 2.04 bits per heavy atom. The number of esters is 1. The normalized spacial score (nSPS) is 8.92. The molecule has 5 nitrogen and oxygen atoms in total. The summed E-state index contributed by atoms with van der Waals surface area (Å²) in [6.07, 6.45) is 0.0623. The van der Waals surface area contributed by atoms with E-state index in [9.17, 15) is 9.59 Å². The molecule has 2 aromatic rings. The lowest BCUT2D eigenvalue weighted by Gasteiger charge is -2.02. The fourth-order valence-corrected chi connectivity index (χ4v) is 1.64. The molecule has 0 saturated carbocycles. The molecule has 24 heavy (non-hydrogen) atoms. The molecule has 0 fully saturated rings. The van der Waals surface area contributed by atoms with E-state index < -0.39 is 0 Å². The van der Waals surface area contributed by atoms with Gasteiger partial charge in [-0.3, -0.25) is 9.59 Å². The van der Waals surface area contributed by atoms with Gasteiger partial charge in [0, 0.05) is 12.6 Å². The SMILES string of the molecule is C.CNC(=O)c1ccccc1.O=C(CCO)OCc1ccccc1. The zero-order valence-corrected chi connectivity index (χ0v) is 13.1. The Kier molecular flexibility index (Phi) is 11.4. The molecule has 0 aromatic heterocycles. The highest BCUT2D eigenvalue weighted by molar-refractivity contribution is 5.93. The zero-order valence-electron chi connectivity index (χ0n) is 13.1. The van der Waals surface area contributed by atoms with Crippen molar-refractivity contribution in [2.75, 3.05) is 13.7 Å². The van der Waals surface area contributed by atoms with Crippen LogP contribution in [0.25, 0.3) is 0 Å². The van der Waals surface area contributed by atoms with Crippen LogP contribution in [-0.2, 0) is 16.1 Å². The number of rotatable bonds is 5. The van der Waals surface area contributed by atoms with Gasteiger partial charge in [0.25, 0.3) is 5.91 Å². The number of aliphatic hydroxyl groups is 1. The van der Waals surface area contributed by atoms with E-state index in [4.69, 9.17) is 9.84 Å². The van der Waals surface area contributed by atoms with Gasteiger partial charge in [-0.2, -0.15) is 0 Å². The Morgan fingerprint density at radius 2 is 1.54 bits per heavy atom. The minimum atomic E-state index is -0.369. The lowest BCUT2D eigenvalue weighted by Crippen LogP contribution is -2.17. The molecule has 0 heterocycles. The molecular weight excluding hydrogens is 306 g/mol. The molecule has 2 rings (SSSR count). The first-order valence-electron chi connectivity index (χ1n) is 7.25. The first-order valence-corrected chi connectivity index (χ1v) is 7.25. The third-order valence-corrected chi connectivity index (χ3v) is 2.82. The summed E-state index contributed by atoms with van der Waals surface area (Å²) >= 11 is 0. The van der Waals surface area contributed by atoms with Crippen molar-refractivity contribution in [2.24, 2.45) is 0 Å². The number of carbonyl (C=O) groups is 2. The molecule has 0 unspecified atom stereocenters. The maximum atomic E-state index is 10.9. The van der Waals surface area contributed by atoms with E-state index in [1.54, 1.807) is 19.2 Å². The van der Waals surface area contributed by atoms with Crippen LogP contribution < -0.4 is 5.32 Å². The highest BCUT2D eigenvalue weighted by Crippen LogP contribution is 2.01. The van der Waals surface area contributed by atoms with Crippen LogP contribution in [0.3, 0.4) is 0 Å². The summed E-state index contributed by atoms with van der Waals surface area (Å²) in [6.45, 7) is 0.118. The van der Waals surface area contributed by atoms with Crippen molar-refractivity contribution in [3.05, 3.63) is 71.8 Å². The third kappa shape index (κ3) is 8.70. The Morgan fingerprint density at radius 1 is 1.00 bits per heavy atom. The molecule has 5 heteroatoms. The van der Waals surface area contributed by atoms with Gasteiger partial charge in [-0.25, -0.2) is 0 Å². The van der Waals surface area contributed by atoms with Crippen LogP contribution in [0.15, 0.2) is 60.7 Å². The minimum Gasteiger partial charge on any atom is -0.461 e. The smallest absolute Gasteiger partial charge is 0.308 e. The highest BCUT2D eigenvalue weighted by atomic mass is 16.5. The van der Waals surface area contributed by atoms with Crippen molar-refractivity contribution in [2.45, 2.75) is 20.5 Å². The summed E-state index contributed by atoms with van der Waals surface area (Å²) < 4.78 is 4.87. The van der Waals surface area contributed by atoms with Crippen LogP contribution >= 0.6 is 0 Å². The molecule has 0 spiro atoms. The Balaban J connectivity index is 0.000000436. The summed E-state index contributed by atoms with van der Waals surface area (Å²) in [5.41, 5.74) is 1.65. The summed E-state index contributed by atoms with van der Waals surface area (Å²) in [5.74, 6) is -0.410. The van der Waals surface area contributed by atoms with Crippen LogP contribution in [0.2, 0.25) is 0 Å². The number of hydrogen-bond donors (Lipinski definition) is 2. The number of carbonyl (C=O) groups excluding carboxylic acids is 2. The molecule has 0 atom stereocenters. The van der Waals surface area contributed by atoms with Crippen molar-refractivity contribution < 1.29 is 19.4 Å². The van der Waals surface area contributed by atoms with Gasteiger partial charge in [-0.05, 0) is 17.7 Å². The maximum absolute atomic E-state index is 10.9. The Bertz CT molecular complexity index is 585. The number of ether oxygens (including phenoxy) is 1. The number of aliphatic hydroxyl groups excluding tert-OH is 1. The van der Waals surface area contributed by atoms with Crippen molar-refractivity contribution >= 4 is 11.9 Å². The van der Waals surface area contributed by atoms with Gasteiger partial charge < -0.3 is 15.2 Å². The average Bonchev–Trinajstić information content (AvgIpc) is 2.62. The molecule has 130 valence electrons.